The van der Waals surface area contributed by atoms with E-state index in [1.807, 2.05) is 0 Å². The highest BCUT2D eigenvalue weighted by Gasteiger charge is 2.52. The summed E-state index contributed by atoms with van der Waals surface area (Å²) in [5.74, 6) is -4.15. The van der Waals surface area contributed by atoms with Crippen molar-refractivity contribution in [2.45, 2.75) is 49.9 Å². The molecular formula is C28H26ClF3N5O4+. The Labute approximate surface area is 238 Å². The average molecular weight is 589 g/mol. The molecule has 5 rings (SSSR count). The number of anilines is 2. The summed E-state index contributed by atoms with van der Waals surface area (Å²) in [5.41, 5.74) is 0.169. The third-order valence-corrected chi connectivity index (χ3v) is 7.40. The molecule has 3 aromatic rings. The normalized spacial score (nSPS) is 18.9. The number of ether oxygens (including phenoxy) is 1. The number of hydrogen-bond acceptors (Lipinski definition) is 5. The number of halogens is 4. The molecule has 1 saturated heterocycles. The van der Waals surface area contributed by atoms with E-state index in [4.69, 9.17) is 16.3 Å². The Hall–Kier alpha value is -4.19. The maximum absolute atomic E-state index is 14.5. The number of amides is 2. The molecule has 1 aliphatic carbocycles. The summed E-state index contributed by atoms with van der Waals surface area (Å²) in [5, 5.41) is 3.71. The van der Waals surface area contributed by atoms with Crippen molar-refractivity contribution >= 4 is 34.9 Å². The van der Waals surface area contributed by atoms with Crippen LogP contribution in [0.25, 0.3) is 0 Å². The minimum Gasteiger partial charge on any atom is -0.495 e. The van der Waals surface area contributed by atoms with Gasteiger partial charge in [0.25, 0.3) is 11.8 Å². The lowest BCUT2D eigenvalue weighted by Gasteiger charge is -2.37. The number of rotatable bonds is 9. The van der Waals surface area contributed by atoms with Crippen molar-refractivity contribution in [3.05, 3.63) is 88.2 Å². The van der Waals surface area contributed by atoms with Crippen LogP contribution in [0.3, 0.4) is 0 Å². The highest BCUT2D eigenvalue weighted by molar-refractivity contribution is 6.31. The predicted octanol–water partition coefficient (Wildman–Crippen LogP) is 5.19. The Morgan fingerprint density at radius 1 is 1.20 bits per heavy atom. The Kier molecular flexibility index (Phi) is 7.85. The Morgan fingerprint density at radius 2 is 1.95 bits per heavy atom. The van der Waals surface area contributed by atoms with E-state index >= 15 is 0 Å². The van der Waals surface area contributed by atoms with Crippen LogP contribution in [0.15, 0.2) is 66.9 Å². The molecule has 1 aliphatic heterocycles. The smallest absolute Gasteiger partial charge is 0.317 e. The number of nitrogens with one attached hydrogen (secondary N) is 1. The zero-order valence-corrected chi connectivity index (χ0v) is 22.6. The fourth-order valence-corrected chi connectivity index (χ4v) is 5.30. The van der Waals surface area contributed by atoms with Crippen molar-refractivity contribution in [2.75, 3.05) is 17.0 Å². The number of benzene rings is 2. The number of nitroso groups, excluding NO2 is 1. The second-order valence-electron chi connectivity index (χ2n) is 9.86. The second kappa shape index (κ2) is 11.4. The topological polar surface area (TPSA) is 94.9 Å². The molecule has 2 fully saturated rings. The molecule has 2 amide bonds. The molecule has 0 radical (unpaired) electrons. The summed E-state index contributed by atoms with van der Waals surface area (Å²) in [6.07, 6.45) is -0.822. The highest BCUT2D eigenvalue weighted by Crippen LogP contribution is 2.39. The zero-order chi connectivity index (χ0) is 29.3. The van der Waals surface area contributed by atoms with E-state index in [0.717, 1.165) is 11.1 Å². The minimum absolute atomic E-state index is 0.00815. The van der Waals surface area contributed by atoms with Crippen molar-refractivity contribution in [1.29, 1.82) is 0 Å². The summed E-state index contributed by atoms with van der Waals surface area (Å²) in [6.45, 7) is 0. The van der Waals surface area contributed by atoms with Gasteiger partial charge in [-0.2, -0.15) is 0 Å². The number of hydrogen-bond donors (Lipinski definition) is 1. The van der Waals surface area contributed by atoms with Gasteiger partial charge in [-0.1, -0.05) is 40.9 Å². The number of methoxy groups -OCH3 is 1. The summed E-state index contributed by atoms with van der Waals surface area (Å²) in [4.78, 5) is 47.0. The molecule has 2 aromatic carbocycles. The predicted molar refractivity (Wildman–Crippen MR) is 144 cm³/mol. The molecule has 2 unspecified atom stereocenters. The van der Waals surface area contributed by atoms with Gasteiger partial charge in [0, 0.05) is 48.4 Å². The van der Waals surface area contributed by atoms with Gasteiger partial charge in [-0.05, 0) is 30.3 Å². The molecule has 1 saturated carbocycles. The monoisotopic (exact) mass is 588 g/mol. The van der Waals surface area contributed by atoms with E-state index in [1.165, 1.54) is 54.6 Å². The van der Waals surface area contributed by atoms with Gasteiger partial charge < -0.3 is 10.1 Å². The highest BCUT2D eigenvalue weighted by atomic mass is 35.5. The first-order valence-corrected chi connectivity index (χ1v) is 13.2. The van der Waals surface area contributed by atoms with Gasteiger partial charge >= 0.3 is 6.17 Å². The molecule has 2 aliphatic rings. The SMILES string of the molecule is COc1ccc(N2C(=O)CCC2[N+](=O)N(c2cccc(F)c2)C(C(=O)NC2CC(F)(F)C2)c2ccccc2Cl)nc1. The summed E-state index contributed by atoms with van der Waals surface area (Å²) in [6, 6.07) is 12.1. The Morgan fingerprint density at radius 3 is 2.59 bits per heavy atom. The van der Waals surface area contributed by atoms with Gasteiger partial charge in [0.15, 0.2) is 6.04 Å². The lowest BCUT2D eigenvalue weighted by molar-refractivity contribution is -0.598. The fraction of sp³-hybridized carbons (Fsp3) is 0.321. The molecule has 0 bridgehead atoms. The number of carbonyl (C=O) groups is 2. The molecule has 1 aromatic heterocycles. The van der Waals surface area contributed by atoms with E-state index in [9.17, 15) is 27.7 Å². The number of pyridine rings is 1. The lowest BCUT2D eigenvalue weighted by Crippen LogP contribution is -2.56. The number of carbonyl (C=O) groups excluding carboxylic acids is 2. The van der Waals surface area contributed by atoms with E-state index in [2.05, 4.69) is 10.3 Å². The van der Waals surface area contributed by atoms with Crippen LogP contribution in [-0.2, 0) is 9.59 Å². The Bertz CT molecular complexity index is 1470. The summed E-state index contributed by atoms with van der Waals surface area (Å²) >= 11 is 6.49. The third-order valence-electron chi connectivity index (χ3n) is 7.06. The van der Waals surface area contributed by atoms with Gasteiger partial charge in [-0.3, -0.25) is 9.59 Å². The van der Waals surface area contributed by atoms with E-state index in [-0.39, 0.29) is 40.8 Å². The van der Waals surface area contributed by atoms with Gasteiger partial charge in [-0.25, -0.2) is 23.1 Å². The van der Waals surface area contributed by atoms with Crippen LogP contribution < -0.4 is 20.0 Å². The molecule has 0 spiro atoms. The molecule has 9 nitrogen and oxygen atoms in total. The summed E-state index contributed by atoms with van der Waals surface area (Å²) < 4.78 is 46.8. The molecule has 2 atom stereocenters. The van der Waals surface area contributed by atoms with Gasteiger partial charge in [0.2, 0.25) is 5.91 Å². The van der Waals surface area contributed by atoms with Crippen LogP contribution in [0.4, 0.5) is 24.7 Å². The van der Waals surface area contributed by atoms with Crippen LogP contribution in [-0.4, -0.2) is 46.9 Å². The molecular weight excluding hydrogens is 563 g/mol. The van der Waals surface area contributed by atoms with Gasteiger partial charge in [0.05, 0.1) is 18.2 Å². The van der Waals surface area contributed by atoms with E-state index in [0.29, 0.717) is 10.6 Å². The van der Waals surface area contributed by atoms with Crippen LogP contribution in [0, 0.1) is 10.7 Å². The molecule has 214 valence electrons. The minimum atomic E-state index is -2.90. The van der Waals surface area contributed by atoms with E-state index in [1.54, 1.807) is 18.2 Å². The maximum Gasteiger partial charge on any atom is 0.317 e. The average Bonchev–Trinajstić information content (AvgIpc) is 3.32. The molecule has 2 heterocycles. The first-order valence-electron chi connectivity index (χ1n) is 12.8. The third kappa shape index (κ3) is 5.83. The van der Waals surface area contributed by atoms with Crippen molar-refractivity contribution in [2.24, 2.45) is 0 Å². The van der Waals surface area contributed by atoms with Crippen LogP contribution >= 0.6 is 11.6 Å². The first kappa shape index (κ1) is 28.3. The number of nitrogens with zero attached hydrogens (tertiary/aromatic N) is 4. The van der Waals surface area contributed by atoms with Crippen molar-refractivity contribution in [3.8, 4) is 5.75 Å². The van der Waals surface area contributed by atoms with Gasteiger partial charge in [0.1, 0.15) is 27.9 Å². The number of alkyl halides is 2. The van der Waals surface area contributed by atoms with E-state index < -0.39 is 48.7 Å². The van der Waals surface area contributed by atoms with Crippen molar-refractivity contribution in [1.82, 2.24) is 10.3 Å². The largest absolute Gasteiger partial charge is 0.495 e. The standard InChI is InChI=1S/C28H25ClF3N5O4/c1-41-20-9-10-23(33-16-20)35-24(11-12-25(35)38)37(40)36(19-6-4-5-17(30)13-19)26(21-7-2-3-8-22(21)29)27(39)34-18-14-28(31,32)15-18/h2-10,13,16,18,24,26H,11-12,14-15H2,1H3/p+1. The fourth-order valence-electron chi connectivity index (χ4n) is 5.06. The number of hydrazine groups is 1. The zero-order valence-electron chi connectivity index (χ0n) is 21.8. The van der Waals surface area contributed by atoms with Gasteiger partial charge in [-0.15, -0.1) is 0 Å². The summed E-state index contributed by atoms with van der Waals surface area (Å²) in [7, 11) is 1.46. The molecule has 13 heteroatoms. The van der Waals surface area contributed by atoms with Crippen LogP contribution in [0.5, 0.6) is 5.75 Å². The Balaban J connectivity index is 1.59. The molecule has 1 N–H and O–H groups in total. The number of aromatic nitrogens is 1. The maximum atomic E-state index is 14.5. The van der Waals surface area contributed by atoms with Crippen molar-refractivity contribution < 1.29 is 32.4 Å². The van der Waals surface area contributed by atoms with Crippen LogP contribution in [0.1, 0.15) is 37.3 Å². The van der Waals surface area contributed by atoms with Crippen molar-refractivity contribution in [3.63, 3.8) is 0 Å². The molecule has 41 heavy (non-hydrogen) atoms. The lowest BCUT2D eigenvalue weighted by atomic mass is 9.88. The first-order chi connectivity index (χ1) is 19.6. The quantitative estimate of drug-likeness (QED) is 0.273. The van der Waals surface area contributed by atoms with Crippen LogP contribution in [0.2, 0.25) is 5.02 Å². The second-order valence-corrected chi connectivity index (χ2v) is 10.3.